The second-order valence-corrected chi connectivity index (χ2v) is 5.06. The summed E-state index contributed by atoms with van der Waals surface area (Å²) in [6.45, 7) is 7.91. The Morgan fingerprint density at radius 3 is 2.54 bits per heavy atom. The van der Waals surface area contributed by atoms with Crippen molar-refractivity contribution in [3.05, 3.63) is 0 Å². The topological polar surface area (TPSA) is 38.0 Å². The van der Waals surface area contributed by atoms with Crippen molar-refractivity contribution in [3.8, 4) is 0 Å². The van der Waals surface area contributed by atoms with E-state index in [4.69, 9.17) is 5.73 Å². The third kappa shape index (κ3) is 3.65. The molecule has 2 atom stereocenters. The number of hydrogen-bond acceptors (Lipinski definition) is 2. The van der Waals surface area contributed by atoms with Gasteiger partial charge in [-0.25, -0.2) is 0 Å². The van der Waals surface area contributed by atoms with Gasteiger partial charge in [0.25, 0.3) is 0 Å². The van der Waals surface area contributed by atoms with Crippen molar-refractivity contribution in [3.63, 3.8) is 0 Å². The summed E-state index contributed by atoms with van der Waals surface area (Å²) in [5.41, 5.74) is 6.17. The minimum absolute atomic E-state index is 0.298. The van der Waals surface area contributed by atoms with E-state index in [2.05, 4.69) is 26.1 Å². The van der Waals surface area contributed by atoms with Crippen LogP contribution in [0.5, 0.6) is 0 Å². The fourth-order valence-corrected chi connectivity index (χ4v) is 1.84. The van der Waals surface area contributed by atoms with E-state index in [9.17, 15) is 0 Å². The molecule has 78 valence electrons. The molecule has 0 heterocycles. The lowest BCUT2D eigenvalue weighted by Gasteiger charge is -2.26. The van der Waals surface area contributed by atoms with Gasteiger partial charge in [0.2, 0.25) is 0 Å². The van der Waals surface area contributed by atoms with Crippen LogP contribution in [0.4, 0.5) is 0 Å². The summed E-state index contributed by atoms with van der Waals surface area (Å²) in [6, 6.07) is 0.469. The summed E-state index contributed by atoms with van der Waals surface area (Å²) in [5.74, 6) is 0.820. The van der Waals surface area contributed by atoms with Crippen LogP contribution in [0.1, 0.15) is 46.5 Å². The van der Waals surface area contributed by atoms with Crippen LogP contribution in [0.2, 0.25) is 0 Å². The van der Waals surface area contributed by atoms with Crippen LogP contribution in [-0.2, 0) is 0 Å². The van der Waals surface area contributed by atoms with Gasteiger partial charge in [0.05, 0.1) is 0 Å². The predicted molar refractivity (Wildman–Crippen MR) is 57.7 cm³/mol. The van der Waals surface area contributed by atoms with E-state index >= 15 is 0 Å². The summed E-state index contributed by atoms with van der Waals surface area (Å²) in [4.78, 5) is 0. The third-order valence-electron chi connectivity index (χ3n) is 3.33. The minimum Gasteiger partial charge on any atom is -0.328 e. The molecule has 3 N–H and O–H groups in total. The van der Waals surface area contributed by atoms with Gasteiger partial charge >= 0.3 is 0 Å². The molecule has 0 aromatic heterocycles. The maximum Gasteiger partial charge on any atom is 0.0122 e. The van der Waals surface area contributed by atoms with Crippen molar-refractivity contribution < 1.29 is 0 Å². The Morgan fingerprint density at radius 1 is 1.38 bits per heavy atom. The molecule has 13 heavy (non-hydrogen) atoms. The molecule has 0 saturated heterocycles. The molecule has 0 aromatic carbocycles. The number of nitrogens with one attached hydrogen (secondary N) is 1. The van der Waals surface area contributed by atoms with Gasteiger partial charge in [0.1, 0.15) is 0 Å². The molecule has 0 amide bonds. The van der Waals surface area contributed by atoms with Gasteiger partial charge in [0, 0.05) is 11.6 Å². The van der Waals surface area contributed by atoms with Gasteiger partial charge in [-0.05, 0) is 52.0 Å². The second-order valence-electron chi connectivity index (χ2n) is 5.06. The lowest BCUT2D eigenvalue weighted by Crippen LogP contribution is -2.41. The highest BCUT2D eigenvalue weighted by molar-refractivity contribution is 4.82. The molecule has 0 bridgehead atoms. The van der Waals surface area contributed by atoms with Crippen LogP contribution in [0.25, 0.3) is 0 Å². The van der Waals surface area contributed by atoms with Gasteiger partial charge in [-0.3, -0.25) is 0 Å². The number of hydrogen-bond donors (Lipinski definition) is 2. The summed E-state index contributed by atoms with van der Waals surface area (Å²) in [5, 5.41) is 3.62. The lowest BCUT2D eigenvalue weighted by molar-refractivity contribution is 0.338. The molecular formula is C11H24N2. The Labute approximate surface area is 82.3 Å². The quantitative estimate of drug-likeness (QED) is 0.700. The van der Waals surface area contributed by atoms with Gasteiger partial charge in [-0.2, -0.15) is 0 Å². The van der Waals surface area contributed by atoms with Gasteiger partial charge in [-0.15, -0.1) is 0 Å². The van der Waals surface area contributed by atoms with Crippen LogP contribution in [0, 0.1) is 5.92 Å². The molecule has 0 radical (unpaired) electrons. The van der Waals surface area contributed by atoms with Crippen molar-refractivity contribution in [1.29, 1.82) is 0 Å². The van der Waals surface area contributed by atoms with Crippen molar-refractivity contribution in [1.82, 2.24) is 5.32 Å². The van der Waals surface area contributed by atoms with E-state index in [1.54, 1.807) is 0 Å². The normalized spacial score (nSPS) is 29.5. The first-order valence-electron chi connectivity index (χ1n) is 5.54. The first-order chi connectivity index (χ1) is 6.03. The smallest absolute Gasteiger partial charge is 0.0122 e. The van der Waals surface area contributed by atoms with E-state index in [0.29, 0.717) is 11.6 Å². The molecule has 2 heteroatoms. The maximum atomic E-state index is 5.87. The molecule has 1 saturated carbocycles. The van der Waals surface area contributed by atoms with Crippen molar-refractivity contribution >= 4 is 0 Å². The minimum atomic E-state index is 0.298. The van der Waals surface area contributed by atoms with Crippen LogP contribution >= 0.6 is 0 Å². The Balaban J connectivity index is 2.19. The molecule has 0 unspecified atom stereocenters. The fourth-order valence-electron chi connectivity index (χ4n) is 1.84. The highest BCUT2D eigenvalue weighted by Crippen LogP contribution is 2.24. The van der Waals surface area contributed by atoms with Crippen molar-refractivity contribution in [2.75, 3.05) is 6.54 Å². The Morgan fingerprint density at radius 2 is 2.08 bits per heavy atom. The number of nitrogens with two attached hydrogens (primary N) is 1. The number of rotatable bonds is 4. The van der Waals surface area contributed by atoms with E-state index in [1.807, 2.05) is 0 Å². The van der Waals surface area contributed by atoms with Crippen molar-refractivity contribution in [2.24, 2.45) is 11.7 Å². The molecular weight excluding hydrogens is 160 g/mol. The van der Waals surface area contributed by atoms with E-state index in [0.717, 1.165) is 12.5 Å². The van der Waals surface area contributed by atoms with Crippen LogP contribution in [0.3, 0.4) is 0 Å². The predicted octanol–water partition coefficient (Wildman–Crippen LogP) is 1.89. The summed E-state index contributed by atoms with van der Waals surface area (Å²) < 4.78 is 0. The molecule has 1 rings (SSSR count). The second kappa shape index (κ2) is 4.43. The average Bonchev–Trinajstić information content (AvgIpc) is 2.48. The Kier molecular flexibility index (Phi) is 3.74. The largest absolute Gasteiger partial charge is 0.328 e. The SMILES string of the molecule is CCC(C)(C)NC[C@@H]1CC[C@H](N)C1. The monoisotopic (exact) mass is 184 g/mol. The zero-order chi connectivity index (χ0) is 9.90. The van der Waals surface area contributed by atoms with Gasteiger partial charge < -0.3 is 11.1 Å². The molecule has 0 aromatic rings. The van der Waals surface area contributed by atoms with E-state index in [-0.39, 0.29) is 0 Å². The molecule has 2 nitrogen and oxygen atoms in total. The zero-order valence-electron chi connectivity index (χ0n) is 9.27. The highest BCUT2D eigenvalue weighted by atomic mass is 15.0. The summed E-state index contributed by atoms with van der Waals surface area (Å²) in [6.07, 6.45) is 4.94. The van der Waals surface area contributed by atoms with Crippen LogP contribution < -0.4 is 11.1 Å². The first-order valence-corrected chi connectivity index (χ1v) is 5.54. The maximum absolute atomic E-state index is 5.87. The summed E-state index contributed by atoms with van der Waals surface area (Å²) >= 11 is 0. The van der Waals surface area contributed by atoms with E-state index in [1.165, 1.54) is 25.7 Å². The molecule has 1 fully saturated rings. The van der Waals surface area contributed by atoms with Gasteiger partial charge in [0.15, 0.2) is 0 Å². The molecule has 0 spiro atoms. The zero-order valence-corrected chi connectivity index (χ0v) is 9.27. The lowest BCUT2D eigenvalue weighted by atomic mass is 10.00. The summed E-state index contributed by atoms with van der Waals surface area (Å²) in [7, 11) is 0. The third-order valence-corrected chi connectivity index (χ3v) is 3.33. The highest BCUT2D eigenvalue weighted by Gasteiger charge is 2.23. The van der Waals surface area contributed by atoms with Crippen LogP contribution in [-0.4, -0.2) is 18.1 Å². The first kappa shape index (κ1) is 11.0. The van der Waals surface area contributed by atoms with E-state index < -0.39 is 0 Å². The molecule has 1 aliphatic rings. The van der Waals surface area contributed by atoms with Crippen LogP contribution in [0.15, 0.2) is 0 Å². The fraction of sp³-hybridized carbons (Fsp3) is 1.00. The molecule has 0 aliphatic heterocycles. The Bertz CT molecular complexity index is 154. The Hall–Kier alpha value is -0.0800. The standard InChI is InChI=1S/C11H24N2/c1-4-11(2,3)13-8-9-5-6-10(12)7-9/h9-10,13H,4-8,12H2,1-3H3/t9-,10+/m1/s1. The van der Waals surface area contributed by atoms with Gasteiger partial charge in [-0.1, -0.05) is 6.92 Å². The van der Waals surface area contributed by atoms with Crippen molar-refractivity contribution in [2.45, 2.75) is 58.0 Å². The average molecular weight is 184 g/mol. The molecule has 1 aliphatic carbocycles.